The van der Waals surface area contributed by atoms with Crippen LogP contribution in [0.5, 0.6) is 0 Å². The highest BCUT2D eigenvalue weighted by Crippen LogP contribution is 2.35. The molecule has 11 heavy (non-hydrogen) atoms. The second kappa shape index (κ2) is 2.20. The average molecular weight is 177 g/mol. The molecule has 1 fully saturated rings. The molecule has 66 valence electrons. The van der Waals surface area contributed by atoms with E-state index in [1.807, 2.05) is 19.0 Å². The van der Waals surface area contributed by atoms with E-state index >= 15 is 0 Å². The second-order valence-corrected chi connectivity index (χ2v) is 6.48. The van der Waals surface area contributed by atoms with Crippen molar-refractivity contribution in [3.63, 3.8) is 0 Å². The Balaban J connectivity index is 2.86. The quantitative estimate of drug-likeness (QED) is 0.571. The molecule has 1 rings (SSSR count). The highest BCUT2D eigenvalue weighted by Gasteiger charge is 2.54. The lowest BCUT2D eigenvalue weighted by Crippen LogP contribution is -2.65. The largest absolute Gasteiger partial charge is 0.304 e. The topological polar surface area (TPSA) is 37.4 Å². The fourth-order valence-electron chi connectivity index (χ4n) is 1.50. The van der Waals surface area contributed by atoms with Crippen LogP contribution in [-0.2, 0) is 9.84 Å². The summed E-state index contributed by atoms with van der Waals surface area (Å²) in [5, 5.41) is 0. The van der Waals surface area contributed by atoms with E-state index in [4.69, 9.17) is 0 Å². The van der Waals surface area contributed by atoms with Gasteiger partial charge in [-0.3, -0.25) is 0 Å². The molecule has 1 atom stereocenters. The lowest BCUT2D eigenvalue weighted by atomic mass is 10.0. The van der Waals surface area contributed by atoms with Crippen LogP contribution in [0.25, 0.3) is 0 Å². The first-order chi connectivity index (χ1) is 4.79. The molecular formula is C7H15NO2S. The molecule has 0 bridgehead atoms. The predicted molar refractivity (Wildman–Crippen MR) is 45.3 cm³/mol. The van der Waals surface area contributed by atoms with Crippen LogP contribution in [0, 0.1) is 0 Å². The summed E-state index contributed by atoms with van der Waals surface area (Å²) in [6.45, 7) is 3.58. The summed E-state index contributed by atoms with van der Waals surface area (Å²) in [6, 6.07) is 0.187. The van der Waals surface area contributed by atoms with Crippen molar-refractivity contribution in [2.45, 2.75) is 24.6 Å². The molecule has 1 aliphatic rings. The summed E-state index contributed by atoms with van der Waals surface area (Å²) in [5.41, 5.74) is 0. The predicted octanol–water partition coefficient (Wildman–Crippen LogP) is 0.124. The lowest BCUT2D eigenvalue weighted by Gasteiger charge is -2.46. The van der Waals surface area contributed by atoms with Crippen LogP contribution < -0.4 is 0 Å². The molecular weight excluding hydrogens is 162 g/mol. The smallest absolute Gasteiger partial charge is 0.158 e. The van der Waals surface area contributed by atoms with E-state index in [1.165, 1.54) is 0 Å². The SMILES string of the molecule is CN(C)C1CS(=O)(=O)C1(C)C. The van der Waals surface area contributed by atoms with E-state index in [1.54, 1.807) is 13.8 Å². The maximum absolute atomic E-state index is 11.2. The standard InChI is InChI=1S/C7H15NO2S/c1-7(2)6(8(3)4)5-11(7,9)10/h6H,5H2,1-4H3. The van der Waals surface area contributed by atoms with Gasteiger partial charge >= 0.3 is 0 Å². The molecule has 1 heterocycles. The molecule has 0 spiro atoms. The van der Waals surface area contributed by atoms with Gasteiger partial charge in [-0.1, -0.05) is 0 Å². The Kier molecular flexibility index (Phi) is 1.80. The number of sulfone groups is 1. The Labute approximate surface area is 68.3 Å². The van der Waals surface area contributed by atoms with Gasteiger partial charge in [-0.25, -0.2) is 8.42 Å². The van der Waals surface area contributed by atoms with Crippen LogP contribution in [0.2, 0.25) is 0 Å². The van der Waals surface area contributed by atoms with Gasteiger partial charge in [-0.15, -0.1) is 0 Å². The number of hydrogen-bond acceptors (Lipinski definition) is 3. The van der Waals surface area contributed by atoms with E-state index in [2.05, 4.69) is 0 Å². The van der Waals surface area contributed by atoms with Gasteiger partial charge in [0.25, 0.3) is 0 Å². The van der Waals surface area contributed by atoms with Gasteiger partial charge in [0.2, 0.25) is 0 Å². The minimum atomic E-state index is -2.80. The second-order valence-electron chi connectivity index (χ2n) is 3.86. The van der Waals surface area contributed by atoms with Crippen molar-refractivity contribution in [3.8, 4) is 0 Å². The molecule has 0 amide bonds. The van der Waals surface area contributed by atoms with Crippen molar-refractivity contribution >= 4 is 9.84 Å². The highest BCUT2D eigenvalue weighted by molar-refractivity contribution is 7.94. The van der Waals surface area contributed by atoms with Gasteiger partial charge in [-0.05, 0) is 27.9 Å². The fraction of sp³-hybridized carbons (Fsp3) is 1.00. The molecule has 0 saturated carbocycles. The van der Waals surface area contributed by atoms with Gasteiger partial charge in [0.1, 0.15) is 0 Å². The zero-order valence-electron chi connectivity index (χ0n) is 7.46. The molecule has 0 aromatic rings. The van der Waals surface area contributed by atoms with E-state index in [0.717, 1.165) is 0 Å². The van der Waals surface area contributed by atoms with Crippen LogP contribution in [0.1, 0.15) is 13.8 Å². The highest BCUT2D eigenvalue weighted by atomic mass is 32.2. The zero-order chi connectivity index (χ0) is 8.86. The van der Waals surface area contributed by atoms with Crippen LogP contribution in [0.15, 0.2) is 0 Å². The third-order valence-corrected chi connectivity index (χ3v) is 5.23. The molecule has 0 aromatic carbocycles. The first-order valence-electron chi connectivity index (χ1n) is 3.68. The molecule has 0 radical (unpaired) electrons. The molecule has 0 aliphatic carbocycles. The first kappa shape index (κ1) is 9.00. The number of hydrogen-bond donors (Lipinski definition) is 0. The molecule has 1 unspecified atom stereocenters. The monoisotopic (exact) mass is 177 g/mol. The summed E-state index contributed by atoms with van der Waals surface area (Å²) in [7, 11) is 1.04. The Bertz CT molecular complexity index is 254. The Morgan fingerprint density at radius 2 is 1.82 bits per heavy atom. The summed E-state index contributed by atoms with van der Waals surface area (Å²) in [5.74, 6) is 0.312. The van der Waals surface area contributed by atoms with Crippen LogP contribution in [0.4, 0.5) is 0 Å². The number of nitrogens with zero attached hydrogens (tertiary/aromatic N) is 1. The zero-order valence-corrected chi connectivity index (χ0v) is 8.27. The molecule has 0 N–H and O–H groups in total. The maximum Gasteiger partial charge on any atom is 0.158 e. The molecule has 0 aromatic heterocycles. The van der Waals surface area contributed by atoms with Gasteiger partial charge < -0.3 is 4.90 Å². The average Bonchev–Trinajstić information content (AvgIpc) is 1.82. The van der Waals surface area contributed by atoms with Crippen LogP contribution in [-0.4, -0.2) is 44.0 Å². The Morgan fingerprint density at radius 1 is 1.36 bits per heavy atom. The van der Waals surface area contributed by atoms with E-state index in [9.17, 15) is 8.42 Å². The van der Waals surface area contributed by atoms with Gasteiger partial charge in [-0.2, -0.15) is 0 Å². The van der Waals surface area contributed by atoms with E-state index < -0.39 is 14.6 Å². The molecule has 3 nitrogen and oxygen atoms in total. The van der Waals surface area contributed by atoms with Crippen molar-refractivity contribution in [3.05, 3.63) is 0 Å². The van der Waals surface area contributed by atoms with Gasteiger partial charge in [0.05, 0.1) is 10.5 Å². The van der Waals surface area contributed by atoms with Crippen molar-refractivity contribution in [2.24, 2.45) is 0 Å². The third-order valence-electron chi connectivity index (χ3n) is 2.60. The van der Waals surface area contributed by atoms with E-state index in [-0.39, 0.29) is 6.04 Å². The maximum atomic E-state index is 11.2. The van der Waals surface area contributed by atoms with E-state index in [0.29, 0.717) is 5.75 Å². The third kappa shape index (κ3) is 1.08. The lowest BCUT2D eigenvalue weighted by molar-refractivity contribution is 0.237. The van der Waals surface area contributed by atoms with Gasteiger partial charge in [0, 0.05) is 6.04 Å². The normalized spacial score (nSPS) is 33.4. The summed E-state index contributed by atoms with van der Waals surface area (Å²) in [4.78, 5) is 1.97. The van der Waals surface area contributed by atoms with Crippen LogP contribution in [0.3, 0.4) is 0 Å². The summed E-state index contributed by atoms with van der Waals surface area (Å²) >= 11 is 0. The van der Waals surface area contributed by atoms with Crippen molar-refractivity contribution in [2.75, 3.05) is 19.8 Å². The van der Waals surface area contributed by atoms with Crippen LogP contribution >= 0.6 is 0 Å². The van der Waals surface area contributed by atoms with Gasteiger partial charge in [0.15, 0.2) is 9.84 Å². The molecule has 1 aliphatic heterocycles. The van der Waals surface area contributed by atoms with Crippen molar-refractivity contribution in [1.82, 2.24) is 4.90 Å². The Hall–Kier alpha value is -0.0900. The number of rotatable bonds is 1. The molecule has 1 saturated heterocycles. The molecule has 4 heteroatoms. The first-order valence-corrected chi connectivity index (χ1v) is 5.33. The minimum absolute atomic E-state index is 0.187. The Morgan fingerprint density at radius 3 is 1.91 bits per heavy atom. The van der Waals surface area contributed by atoms with Crippen molar-refractivity contribution < 1.29 is 8.42 Å². The minimum Gasteiger partial charge on any atom is -0.304 e. The van der Waals surface area contributed by atoms with Crippen molar-refractivity contribution in [1.29, 1.82) is 0 Å². The summed E-state index contributed by atoms with van der Waals surface area (Å²) in [6.07, 6.45) is 0. The summed E-state index contributed by atoms with van der Waals surface area (Å²) < 4.78 is 21.9. The fourth-order valence-corrected chi connectivity index (χ4v) is 3.47.